The quantitative estimate of drug-likeness (QED) is 0.0701. The predicted octanol–water partition coefficient (Wildman–Crippen LogP) is 6.29. The first kappa shape index (κ1) is 37.8. The maximum atomic E-state index is 10.6. The molecule has 5 atom stereocenters. The second-order valence-electron chi connectivity index (χ2n) is 14.2. The minimum Gasteiger partial charge on any atom is -0.497 e. The SMILES string of the molecule is COc1ccc(C(OC[C@H]2O[C@@H](n3cnc4c(N)ncnc43)[C@H](O[Si](C)(C)C(C)(C)C)[C@@H]2OP(N)O)(c2ccccc2)c2ccc(OC)cc2)cc1. The summed E-state index contributed by atoms with van der Waals surface area (Å²) in [5, 5.41) is -0.169. The van der Waals surface area contributed by atoms with Crippen LogP contribution in [-0.4, -0.2) is 71.9 Å². The van der Waals surface area contributed by atoms with Gasteiger partial charge < -0.3 is 38.5 Å². The van der Waals surface area contributed by atoms with E-state index in [1.165, 1.54) is 6.33 Å². The molecule has 2 aromatic heterocycles. The summed E-state index contributed by atoms with van der Waals surface area (Å²) in [7, 11) is -1.56. The van der Waals surface area contributed by atoms with Crippen LogP contribution in [0.25, 0.3) is 11.2 Å². The Hall–Kier alpha value is -3.98. The molecule has 0 radical (unpaired) electrons. The lowest BCUT2D eigenvalue weighted by atomic mass is 9.80. The van der Waals surface area contributed by atoms with Crippen LogP contribution in [0.5, 0.6) is 11.5 Å². The van der Waals surface area contributed by atoms with E-state index < -0.39 is 47.0 Å². The summed E-state index contributed by atoms with van der Waals surface area (Å²) in [5.41, 5.74) is 14.5. The van der Waals surface area contributed by atoms with Crippen LogP contribution in [0.4, 0.5) is 5.82 Å². The molecule has 6 rings (SSSR count). The van der Waals surface area contributed by atoms with Gasteiger partial charge >= 0.3 is 0 Å². The number of anilines is 1. The Morgan fingerprint density at radius 2 is 1.42 bits per heavy atom. The normalized spacial score (nSPS) is 20.2. The highest BCUT2D eigenvalue weighted by Gasteiger charge is 2.53. The van der Waals surface area contributed by atoms with E-state index in [0.29, 0.717) is 22.7 Å². The summed E-state index contributed by atoms with van der Waals surface area (Å²) in [6, 6.07) is 25.5. The van der Waals surface area contributed by atoms with Gasteiger partial charge in [0.1, 0.15) is 47.3 Å². The van der Waals surface area contributed by atoms with Gasteiger partial charge in [-0.05, 0) is 59.1 Å². The van der Waals surface area contributed by atoms with Crippen molar-refractivity contribution in [1.29, 1.82) is 0 Å². The molecule has 0 aliphatic carbocycles. The van der Waals surface area contributed by atoms with Crippen molar-refractivity contribution in [2.24, 2.45) is 5.50 Å². The Labute approximate surface area is 306 Å². The molecular weight excluding hydrogens is 700 g/mol. The first-order valence-electron chi connectivity index (χ1n) is 16.9. The zero-order chi connectivity index (χ0) is 37.3. The lowest BCUT2D eigenvalue weighted by molar-refractivity contribution is -0.0918. The highest BCUT2D eigenvalue weighted by Crippen LogP contribution is 2.47. The number of rotatable bonds is 13. The third-order valence-corrected chi connectivity index (χ3v) is 15.0. The second-order valence-corrected chi connectivity index (χ2v) is 19.8. The van der Waals surface area contributed by atoms with Crippen molar-refractivity contribution in [3.63, 3.8) is 0 Å². The topological polar surface area (TPSA) is 171 Å². The first-order chi connectivity index (χ1) is 24.8. The molecule has 276 valence electrons. The van der Waals surface area contributed by atoms with Crippen molar-refractivity contribution in [1.82, 2.24) is 19.5 Å². The molecule has 0 amide bonds. The lowest BCUT2D eigenvalue weighted by Crippen LogP contribution is -2.49. The molecule has 5 N–H and O–H groups in total. The van der Waals surface area contributed by atoms with E-state index >= 15 is 0 Å². The number of nitrogen functional groups attached to an aromatic ring is 1. The number of hydrogen-bond donors (Lipinski definition) is 3. The van der Waals surface area contributed by atoms with E-state index in [9.17, 15) is 4.89 Å². The Kier molecular flexibility index (Phi) is 11.0. The fourth-order valence-corrected chi connectivity index (χ4v) is 8.09. The molecule has 13 nitrogen and oxygen atoms in total. The predicted molar refractivity (Wildman–Crippen MR) is 202 cm³/mol. The number of nitrogens with two attached hydrogens (primary N) is 2. The third kappa shape index (κ3) is 7.30. The summed E-state index contributed by atoms with van der Waals surface area (Å²) < 4.78 is 40.2. The maximum absolute atomic E-state index is 10.6. The minimum atomic E-state index is -2.49. The van der Waals surface area contributed by atoms with Gasteiger partial charge in [0.25, 0.3) is 8.53 Å². The van der Waals surface area contributed by atoms with Gasteiger partial charge in [-0.2, -0.15) is 0 Å². The molecule has 1 aliphatic heterocycles. The Bertz CT molecular complexity index is 1890. The molecular formula is C37H47N6O7PSi. The standard InChI is InChI=1S/C37H47N6O7PSi/c1-36(2,3)52(6,7)50-32-31(49-51(39)44)29(48-35(32)43-23-42-30-33(38)40-22-41-34(30)43)21-47-37(24-11-9-8-10-12-24,25-13-17-27(45-4)18-14-25)26-15-19-28(46-5)20-16-26/h8-20,22-23,29,31-32,35,44H,21,39H2,1-7H3,(H2,38,40,41)/t29-,31-,32-,35-,51?/m1/s1. The number of nitrogens with zero attached hydrogens (tertiary/aromatic N) is 4. The average Bonchev–Trinajstić information content (AvgIpc) is 3.70. The van der Waals surface area contributed by atoms with Crippen molar-refractivity contribution in [2.75, 3.05) is 26.6 Å². The number of ether oxygens (including phenoxy) is 4. The zero-order valence-corrected chi connectivity index (χ0v) is 32.4. The summed E-state index contributed by atoms with van der Waals surface area (Å²) in [6.07, 6.45) is -0.176. The molecule has 0 spiro atoms. The highest BCUT2D eigenvalue weighted by atomic mass is 31.2. The second kappa shape index (κ2) is 15.2. The average molecular weight is 747 g/mol. The van der Waals surface area contributed by atoms with Crippen molar-refractivity contribution < 1.29 is 32.8 Å². The van der Waals surface area contributed by atoms with E-state index in [2.05, 4.69) is 48.8 Å². The number of benzene rings is 3. The van der Waals surface area contributed by atoms with Gasteiger partial charge in [0.05, 0.1) is 27.2 Å². The van der Waals surface area contributed by atoms with E-state index in [4.69, 9.17) is 39.1 Å². The van der Waals surface area contributed by atoms with E-state index in [1.54, 1.807) is 25.1 Å². The monoisotopic (exact) mass is 746 g/mol. The molecule has 3 heterocycles. The van der Waals surface area contributed by atoms with Gasteiger partial charge in [-0.1, -0.05) is 75.4 Å². The van der Waals surface area contributed by atoms with Gasteiger partial charge in [-0.15, -0.1) is 0 Å². The van der Waals surface area contributed by atoms with Crippen molar-refractivity contribution >= 4 is 33.8 Å². The van der Waals surface area contributed by atoms with Crippen LogP contribution >= 0.6 is 8.53 Å². The van der Waals surface area contributed by atoms with Crippen LogP contribution in [0.15, 0.2) is 91.5 Å². The third-order valence-electron chi connectivity index (χ3n) is 10.1. The molecule has 15 heteroatoms. The number of hydrogen-bond acceptors (Lipinski definition) is 12. The summed E-state index contributed by atoms with van der Waals surface area (Å²) in [5.74, 6) is 1.65. The molecule has 1 saturated heterocycles. The van der Waals surface area contributed by atoms with E-state index in [-0.39, 0.29) is 17.5 Å². The number of fused-ring (bicyclic) bond motifs is 1. The molecule has 3 aromatic carbocycles. The zero-order valence-electron chi connectivity index (χ0n) is 30.5. The largest absolute Gasteiger partial charge is 0.497 e. The first-order valence-corrected chi connectivity index (χ1v) is 21.1. The van der Waals surface area contributed by atoms with Gasteiger partial charge in [0, 0.05) is 0 Å². The fraction of sp³-hybridized carbons (Fsp3) is 0.378. The highest BCUT2D eigenvalue weighted by molar-refractivity contribution is 7.43. The molecule has 1 aliphatic rings. The Morgan fingerprint density at radius 1 is 0.846 bits per heavy atom. The molecule has 1 fully saturated rings. The van der Waals surface area contributed by atoms with Gasteiger partial charge in [-0.3, -0.25) is 10.1 Å². The Balaban J connectivity index is 1.48. The Morgan fingerprint density at radius 3 is 1.96 bits per heavy atom. The van der Waals surface area contributed by atoms with Gasteiger partial charge in [0.15, 0.2) is 26.0 Å². The fourth-order valence-electron chi connectivity index (χ4n) is 6.30. The van der Waals surface area contributed by atoms with Crippen LogP contribution in [0, 0.1) is 0 Å². The molecule has 0 bridgehead atoms. The van der Waals surface area contributed by atoms with E-state index in [1.807, 2.05) is 78.9 Å². The van der Waals surface area contributed by atoms with Crippen molar-refractivity contribution in [3.05, 3.63) is 108 Å². The molecule has 0 saturated carbocycles. The summed E-state index contributed by atoms with van der Waals surface area (Å²) in [6.45, 7) is 10.8. The van der Waals surface area contributed by atoms with E-state index in [0.717, 1.165) is 16.7 Å². The van der Waals surface area contributed by atoms with Gasteiger partial charge in [-0.25, -0.2) is 15.0 Å². The number of methoxy groups -OCH3 is 2. The lowest BCUT2D eigenvalue weighted by Gasteiger charge is -2.41. The number of aromatic nitrogens is 4. The van der Waals surface area contributed by atoms with Crippen molar-refractivity contribution in [3.8, 4) is 11.5 Å². The molecule has 5 aromatic rings. The van der Waals surface area contributed by atoms with Gasteiger partial charge in [0.2, 0.25) is 0 Å². The maximum Gasteiger partial charge on any atom is 0.250 e. The molecule has 1 unspecified atom stereocenters. The minimum absolute atomic E-state index is 0.00158. The van der Waals surface area contributed by atoms with Crippen LogP contribution < -0.4 is 20.7 Å². The molecule has 52 heavy (non-hydrogen) atoms. The van der Waals surface area contributed by atoms with Crippen LogP contribution in [0.2, 0.25) is 18.1 Å². The summed E-state index contributed by atoms with van der Waals surface area (Å²) >= 11 is 0. The number of imidazole rings is 1. The van der Waals surface area contributed by atoms with Crippen LogP contribution in [0.3, 0.4) is 0 Å². The summed E-state index contributed by atoms with van der Waals surface area (Å²) in [4.78, 5) is 23.7. The van der Waals surface area contributed by atoms with Crippen molar-refractivity contribution in [2.45, 2.75) is 69.0 Å². The smallest absolute Gasteiger partial charge is 0.250 e. The van der Waals surface area contributed by atoms with Crippen LogP contribution in [0.1, 0.15) is 43.7 Å². The van der Waals surface area contributed by atoms with Crippen LogP contribution in [-0.2, 0) is 24.0 Å².